The van der Waals surface area contributed by atoms with Gasteiger partial charge in [-0.3, -0.25) is 0 Å². The van der Waals surface area contributed by atoms with Crippen molar-refractivity contribution in [1.82, 2.24) is 4.90 Å². The first-order chi connectivity index (χ1) is 5.91. The third-order valence-corrected chi connectivity index (χ3v) is 1.87. The van der Waals surface area contributed by atoms with E-state index in [1.165, 1.54) is 19.6 Å². The minimum Gasteiger partial charge on any atom is -0.303 e. The third-order valence-electron chi connectivity index (χ3n) is 1.87. The van der Waals surface area contributed by atoms with Crippen molar-refractivity contribution in [2.24, 2.45) is 17.8 Å². The van der Waals surface area contributed by atoms with Crippen LogP contribution in [0.3, 0.4) is 0 Å². The second kappa shape index (κ2) is 8.34. The van der Waals surface area contributed by atoms with E-state index in [2.05, 4.69) is 46.4 Å². The Hall–Kier alpha value is 0.0249. The Morgan fingerprint density at radius 1 is 0.643 bits per heavy atom. The molecule has 0 radical (unpaired) electrons. The molecule has 0 amide bonds. The van der Waals surface area contributed by atoms with E-state index in [0.29, 0.717) is 0 Å². The molecule has 0 unspecified atom stereocenters. The molecule has 86 valence electrons. The molecule has 0 heterocycles. The van der Waals surface area contributed by atoms with E-state index in [1.54, 1.807) is 0 Å². The predicted octanol–water partition coefficient (Wildman–Crippen LogP) is 2.07. The first kappa shape index (κ1) is 16.5. The molecule has 0 aliphatic heterocycles. The quantitative estimate of drug-likeness (QED) is 0.592. The summed E-state index contributed by atoms with van der Waals surface area (Å²) in [6, 6.07) is 0. The summed E-state index contributed by atoms with van der Waals surface area (Å²) in [7, 11) is 0. The lowest BCUT2D eigenvalue weighted by atomic mass is 10.1. The van der Waals surface area contributed by atoms with E-state index in [0.717, 1.165) is 17.8 Å². The van der Waals surface area contributed by atoms with Crippen molar-refractivity contribution in [3.05, 3.63) is 0 Å². The molecule has 0 aliphatic carbocycles. The molecule has 0 saturated carbocycles. The second-order valence-electron chi connectivity index (χ2n) is 5.40. The molecular weight excluding hydrogens is 169 g/mol. The van der Waals surface area contributed by atoms with E-state index in [-0.39, 0.29) is 8.41 Å². The highest BCUT2D eigenvalue weighted by atomic mass is 15.1. The molecule has 2 heteroatoms. The van der Waals surface area contributed by atoms with Crippen LogP contribution in [0, 0.1) is 17.8 Å². The van der Waals surface area contributed by atoms with E-state index >= 15 is 0 Å². The molecule has 1 nitrogen and oxygen atoms in total. The first-order valence-corrected chi connectivity index (χ1v) is 5.64. The van der Waals surface area contributed by atoms with Crippen LogP contribution >= 0.6 is 0 Å². The summed E-state index contributed by atoms with van der Waals surface area (Å²) >= 11 is 0. The van der Waals surface area contributed by atoms with Crippen molar-refractivity contribution in [2.45, 2.75) is 41.5 Å². The van der Waals surface area contributed by atoms with Crippen LogP contribution in [0.4, 0.5) is 0 Å². The zero-order valence-electron chi connectivity index (χ0n) is 10.3. The maximum absolute atomic E-state index is 2.60. The number of hydrogen-bond donors (Lipinski definition) is 0. The average Bonchev–Trinajstić information content (AvgIpc) is 1.80. The van der Waals surface area contributed by atoms with Crippen LogP contribution in [-0.4, -0.2) is 32.9 Å². The molecule has 14 heavy (non-hydrogen) atoms. The zero-order chi connectivity index (χ0) is 10.4. The molecule has 0 N–H and O–H groups in total. The highest BCUT2D eigenvalue weighted by Gasteiger charge is 2.10. The Balaban J connectivity index is 0. The summed E-state index contributed by atoms with van der Waals surface area (Å²) in [4.78, 5) is 2.60. The summed E-state index contributed by atoms with van der Waals surface area (Å²) < 4.78 is 0. The van der Waals surface area contributed by atoms with Crippen LogP contribution in [0.25, 0.3) is 0 Å². The topological polar surface area (TPSA) is 3.24 Å². The van der Waals surface area contributed by atoms with Crippen LogP contribution in [-0.2, 0) is 0 Å². The fraction of sp³-hybridized carbons (Fsp3) is 1.00. The molecule has 0 aromatic rings. The molecule has 0 atom stereocenters. The lowest BCUT2D eigenvalue weighted by Gasteiger charge is -2.27. The van der Waals surface area contributed by atoms with E-state index in [9.17, 15) is 0 Å². The van der Waals surface area contributed by atoms with Crippen LogP contribution in [0.5, 0.6) is 0 Å². The molecule has 0 aromatic carbocycles. The van der Waals surface area contributed by atoms with Crippen molar-refractivity contribution < 1.29 is 0 Å². The van der Waals surface area contributed by atoms with Gasteiger partial charge in [-0.1, -0.05) is 41.5 Å². The Bertz CT molecular complexity index is 97.7. The van der Waals surface area contributed by atoms with Gasteiger partial charge in [0.05, 0.1) is 8.41 Å². The van der Waals surface area contributed by atoms with Crippen LogP contribution in [0.2, 0.25) is 0 Å². The van der Waals surface area contributed by atoms with Crippen molar-refractivity contribution in [1.29, 1.82) is 0 Å². The largest absolute Gasteiger partial charge is 0.303 e. The number of nitrogens with zero attached hydrogens (tertiary/aromatic N) is 1. The van der Waals surface area contributed by atoms with E-state index in [4.69, 9.17) is 0 Å². The molecule has 0 rings (SSSR count). The summed E-state index contributed by atoms with van der Waals surface area (Å²) in [5, 5.41) is 0. The maximum Gasteiger partial charge on any atom is 0.0814 e. The van der Waals surface area contributed by atoms with Gasteiger partial charge in [-0.05, 0) is 17.8 Å². The van der Waals surface area contributed by atoms with Crippen LogP contribution in [0.15, 0.2) is 0 Å². The van der Waals surface area contributed by atoms with Gasteiger partial charge in [-0.25, -0.2) is 0 Å². The van der Waals surface area contributed by atoms with Gasteiger partial charge >= 0.3 is 0 Å². The Kier molecular flexibility index (Phi) is 9.81. The summed E-state index contributed by atoms with van der Waals surface area (Å²) in [5.41, 5.74) is 0. The molecule has 0 fully saturated rings. The fourth-order valence-electron chi connectivity index (χ4n) is 1.77. The predicted molar refractivity (Wildman–Crippen MR) is 70.9 cm³/mol. The maximum atomic E-state index is 2.60. The Labute approximate surface area is 92.8 Å². The molecule has 0 aliphatic rings. The summed E-state index contributed by atoms with van der Waals surface area (Å²) in [5.74, 6) is 2.37. The average molecular weight is 199 g/mol. The summed E-state index contributed by atoms with van der Waals surface area (Å²) in [6.45, 7) is 17.5. The number of rotatable bonds is 6. The van der Waals surface area contributed by atoms with Gasteiger partial charge in [0.25, 0.3) is 0 Å². The van der Waals surface area contributed by atoms with Crippen molar-refractivity contribution >= 4 is 8.41 Å². The van der Waals surface area contributed by atoms with Gasteiger partial charge in [0.15, 0.2) is 0 Å². The zero-order valence-corrected chi connectivity index (χ0v) is 10.3. The van der Waals surface area contributed by atoms with Gasteiger partial charge in [0.1, 0.15) is 0 Å². The van der Waals surface area contributed by atoms with Gasteiger partial charge in [0, 0.05) is 19.6 Å². The van der Waals surface area contributed by atoms with Crippen LogP contribution in [0.1, 0.15) is 41.5 Å². The minimum absolute atomic E-state index is 0. The highest BCUT2D eigenvalue weighted by Crippen LogP contribution is 2.06. The Morgan fingerprint density at radius 3 is 1.00 bits per heavy atom. The molecule has 0 saturated heterocycles. The van der Waals surface area contributed by atoms with Gasteiger partial charge in [-0.2, -0.15) is 0 Å². The van der Waals surface area contributed by atoms with Crippen LogP contribution < -0.4 is 0 Å². The fourth-order valence-corrected chi connectivity index (χ4v) is 1.77. The SMILES string of the molecule is B.CC(C)CN(CC(C)C)CC(C)C. The second-order valence-corrected chi connectivity index (χ2v) is 5.40. The summed E-state index contributed by atoms with van der Waals surface area (Å²) in [6.07, 6.45) is 0. The number of hydrogen-bond acceptors (Lipinski definition) is 1. The van der Waals surface area contributed by atoms with Gasteiger partial charge in [0.2, 0.25) is 0 Å². The molecule has 0 spiro atoms. The lowest BCUT2D eigenvalue weighted by Crippen LogP contribution is -2.34. The third kappa shape index (κ3) is 10.1. The first-order valence-electron chi connectivity index (χ1n) is 5.64. The lowest BCUT2D eigenvalue weighted by molar-refractivity contribution is 0.198. The van der Waals surface area contributed by atoms with Crippen molar-refractivity contribution in [3.8, 4) is 0 Å². The molecular formula is C12H30BN. The van der Waals surface area contributed by atoms with E-state index in [1.807, 2.05) is 0 Å². The minimum atomic E-state index is 0. The highest BCUT2D eigenvalue weighted by molar-refractivity contribution is 5.75. The normalized spacial score (nSPS) is 11.6. The standard InChI is InChI=1S/C12H27N.BH3/c1-10(2)7-13(8-11(3)4)9-12(5)6;/h10-12H,7-9H2,1-6H3;1H3. The van der Waals surface area contributed by atoms with Crippen molar-refractivity contribution in [2.75, 3.05) is 19.6 Å². The van der Waals surface area contributed by atoms with Gasteiger partial charge in [-0.15, -0.1) is 0 Å². The molecule has 0 bridgehead atoms. The van der Waals surface area contributed by atoms with Gasteiger partial charge < -0.3 is 4.90 Å². The van der Waals surface area contributed by atoms with E-state index < -0.39 is 0 Å². The van der Waals surface area contributed by atoms with Crippen molar-refractivity contribution in [3.63, 3.8) is 0 Å². The smallest absolute Gasteiger partial charge is 0.0814 e. The molecule has 0 aromatic heterocycles. The Morgan fingerprint density at radius 2 is 0.857 bits per heavy atom. The monoisotopic (exact) mass is 199 g/mol.